The lowest BCUT2D eigenvalue weighted by molar-refractivity contribution is 0.498. The van der Waals surface area contributed by atoms with Crippen molar-refractivity contribution < 1.29 is 14.3 Å². The lowest BCUT2D eigenvalue weighted by Crippen LogP contribution is -2.43. The molecule has 0 spiro atoms. The normalized spacial score (nSPS) is 16.4. The van der Waals surface area contributed by atoms with E-state index >= 15 is 0 Å². The summed E-state index contributed by atoms with van der Waals surface area (Å²) in [5.41, 5.74) is 13.7. The maximum Gasteiger partial charge on any atom is 0.331 e. The molecule has 0 amide bonds. The molecule has 0 radical (unpaired) electrons. The predicted octanol–water partition coefficient (Wildman–Crippen LogP) is 3.63. The van der Waals surface area contributed by atoms with E-state index in [1.54, 1.807) is 14.1 Å². The molecule has 2 atom stereocenters. The first-order chi connectivity index (χ1) is 27.5. The van der Waals surface area contributed by atoms with Crippen LogP contribution in [0, 0.1) is 11.6 Å². The van der Waals surface area contributed by atoms with Gasteiger partial charge in [-0.1, -0.05) is 23.2 Å². The number of hydrogen-bond acceptors (Lipinski definition) is 8. The van der Waals surface area contributed by atoms with Gasteiger partial charge in [-0.15, -0.1) is 24.8 Å². The highest BCUT2D eigenvalue weighted by Crippen LogP contribution is 2.31. The second kappa shape index (κ2) is 19.6. The Balaban J connectivity index is 0.000000256. The molecule has 61 heavy (non-hydrogen) atoms. The number of nitrogens with zero attached hydrogens (tertiary/aromatic N) is 8. The van der Waals surface area contributed by atoms with E-state index in [2.05, 4.69) is 9.80 Å². The first-order valence-electron chi connectivity index (χ1n) is 19.0. The Bertz CT molecular complexity index is 2630. The largest absolute Gasteiger partial charge is 0.412 e. The summed E-state index contributed by atoms with van der Waals surface area (Å²) in [5.74, 6) is 0.743. The molecule has 8 rings (SSSR count). The molecule has 6 heterocycles. The average Bonchev–Trinajstić information content (AvgIpc) is 3.77. The van der Waals surface area contributed by atoms with Gasteiger partial charge in [0.1, 0.15) is 34.3 Å². The van der Waals surface area contributed by atoms with Crippen LogP contribution in [0.2, 0.25) is 10.0 Å². The van der Waals surface area contributed by atoms with E-state index in [9.17, 15) is 28.0 Å². The Morgan fingerprint density at radius 3 is 1.31 bits per heavy atom. The predicted molar refractivity (Wildman–Crippen MR) is 243 cm³/mol. The van der Waals surface area contributed by atoms with Crippen molar-refractivity contribution >= 4 is 81.7 Å². The maximum absolute atomic E-state index is 13.9. The van der Waals surface area contributed by atoms with Crippen LogP contribution in [0.4, 0.5) is 20.4 Å². The van der Waals surface area contributed by atoms with Gasteiger partial charge in [0.05, 0.1) is 24.1 Å². The standard InChI is InChI=1S/2C20H23ClFN5O2.2ClH.H2O/c2*1-24-16-9-17(26-7-3-4-14(23)11-26)27(18(16)19(28)25(2)20(24)29)10-12-8-13(22)5-6-15(12)21;;;/h2*5-6,8-9,14H,3-4,7,10-11,23H2,1-2H3;2*1H;1H2/t14-;;;;/m1..../s1. The van der Waals surface area contributed by atoms with E-state index in [4.69, 9.17) is 34.7 Å². The summed E-state index contributed by atoms with van der Waals surface area (Å²) in [6.45, 7) is 3.26. The molecule has 2 aliphatic rings. The van der Waals surface area contributed by atoms with Crippen molar-refractivity contribution in [3.05, 3.63) is 123 Å². The molecule has 4 aromatic heterocycles. The van der Waals surface area contributed by atoms with Crippen molar-refractivity contribution in [3.8, 4) is 0 Å². The van der Waals surface area contributed by atoms with Crippen molar-refractivity contribution in [3.63, 3.8) is 0 Å². The third-order valence-corrected chi connectivity index (χ3v) is 12.0. The van der Waals surface area contributed by atoms with Crippen LogP contribution in [0.25, 0.3) is 22.1 Å². The molecule has 15 nitrogen and oxygen atoms in total. The highest BCUT2D eigenvalue weighted by atomic mass is 35.5. The number of benzene rings is 2. The minimum Gasteiger partial charge on any atom is -0.412 e. The van der Waals surface area contributed by atoms with Crippen molar-refractivity contribution in [2.45, 2.75) is 50.9 Å². The van der Waals surface area contributed by atoms with Crippen molar-refractivity contribution in [2.75, 3.05) is 36.0 Å². The minimum atomic E-state index is -0.400. The van der Waals surface area contributed by atoms with Crippen LogP contribution >= 0.6 is 48.0 Å². The van der Waals surface area contributed by atoms with Gasteiger partial charge in [0.25, 0.3) is 11.1 Å². The highest BCUT2D eigenvalue weighted by Gasteiger charge is 2.27. The lowest BCUT2D eigenvalue weighted by Gasteiger charge is -2.33. The van der Waals surface area contributed by atoms with Crippen LogP contribution in [-0.2, 0) is 41.3 Å². The molecular weight excluding hydrogens is 880 g/mol. The molecular formula is C40H50Cl4F2N10O5. The zero-order chi connectivity index (χ0) is 41.7. The Hall–Kier alpha value is -4.62. The monoisotopic (exact) mass is 928 g/mol. The average molecular weight is 931 g/mol. The summed E-state index contributed by atoms with van der Waals surface area (Å²) in [4.78, 5) is 55.1. The van der Waals surface area contributed by atoms with Crippen molar-refractivity contribution in [1.29, 1.82) is 0 Å². The zero-order valence-electron chi connectivity index (χ0n) is 34.0. The van der Waals surface area contributed by atoms with Gasteiger partial charge in [0, 0.05) is 88.6 Å². The number of piperidine rings is 2. The third-order valence-electron chi connectivity index (χ3n) is 11.2. The van der Waals surface area contributed by atoms with Crippen molar-refractivity contribution in [1.82, 2.24) is 27.4 Å². The summed E-state index contributed by atoms with van der Waals surface area (Å²) in [6, 6.07) is 12.1. The van der Waals surface area contributed by atoms with Crippen LogP contribution < -0.4 is 43.8 Å². The second-order valence-corrected chi connectivity index (χ2v) is 16.0. The number of rotatable bonds is 6. The number of anilines is 2. The molecule has 6 N–H and O–H groups in total. The number of halogens is 6. The summed E-state index contributed by atoms with van der Waals surface area (Å²) >= 11 is 12.6. The van der Waals surface area contributed by atoms with E-state index in [-0.39, 0.29) is 55.5 Å². The molecule has 0 aliphatic carbocycles. The summed E-state index contributed by atoms with van der Waals surface area (Å²) in [6.07, 6.45) is 3.74. The SMILES string of the molecule is Cl.Cl.Cn1c(=O)c2c(cc(N3CCCC(N)C3)n2Cc2cc(F)ccc2Cl)n(C)c1=O.Cn1c(=O)c2c(cc(N3CCC[C@@H](N)C3)n2Cc2cc(F)ccc2Cl)n(C)c1=O.O. The van der Waals surface area contributed by atoms with Gasteiger partial charge < -0.3 is 35.9 Å². The Labute approximate surface area is 371 Å². The van der Waals surface area contributed by atoms with E-state index in [1.807, 2.05) is 21.3 Å². The first-order valence-corrected chi connectivity index (χ1v) is 19.8. The Morgan fingerprint density at radius 1 is 0.607 bits per heavy atom. The summed E-state index contributed by atoms with van der Waals surface area (Å²) in [7, 11) is 6.17. The molecule has 2 aromatic carbocycles. The molecule has 0 saturated carbocycles. The Kier molecular flexibility index (Phi) is 15.8. The van der Waals surface area contributed by atoms with E-state index in [1.165, 1.54) is 59.6 Å². The number of aromatic nitrogens is 6. The Morgan fingerprint density at radius 2 is 0.967 bits per heavy atom. The van der Waals surface area contributed by atoms with Crippen LogP contribution in [0.15, 0.2) is 67.7 Å². The molecule has 1 unspecified atom stereocenters. The van der Waals surface area contributed by atoms with E-state index in [0.717, 1.165) is 59.5 Å². The minimum absolute atomic E-state index is 0. The quantitative estimate of drug-likeness (QED) is 0.254. The van der Waals surface area contributed by atoms with E-state index < -0.39 is 34.1 Å². The molecule has 2 aliphatic heterocycles. The summed E-state index contributed by atoms with van der Waals surface area (Å²) < 4.78 is 36.4. The van der Waals surface area contributed by atoms with Gasteiger partial charge in [-0.2, -0.15) is 0 Å². The number of aryl methyl sites for hydroxylation is 2. The molecule has 6 aromatic rings. The topological polar surface area (TPSA) is 188 Å². The van der Waals surface area contributed by atoms with Crippen LogP contribution in [0.3, 0.4) is 0 Å². The second-order valence-electron chi connectivity index (χ2n) is 15.2. The fraction of sp³-hybridized carbons (Fsp3) is 0.400. The number of hydrogen-bond donors (Lipinski definition) is 2. The lowest BCUT2D eigenvalue weighted by atomic mass is 10.1. The highest BCUT2D eigenvalue weighted by molar-refractivity contribution is 6.31. The summed E-state index contributed by atoms with van der Waals surface area (Å²) in [5, 5.41) is 0.826. The van der Waals surface area contributed by atoms with Gasteiger partial charge in [-0.3, -0.25) is 27.9 Å². The molecule has 2 fully saturated rings. The van der Waals surface area contributed by atoms with Gasteiger partial charge in [-0.25, -0.2) is 18.4 Å². The van der Waals surface area contributed by atoms with Crippen LogP contribution in [0.1, 0.15) is 36.8 Å². The van der Waals surface area contributed by atoms with Gasteiger partial charge in [0.15, 0.2) is 0 Å². The van der Waals surface area contributed by atoms with Crippen LogP contribution in [0.5, 0.6) is 0 Å². The molecule has 332 valence electrons. The number of fused-ring (bicyclic) bond motifs is 2. The fourth-order valence-electron chi connectivity index (χ4n) is 8.10. The molecule has 0 bridgehead atoms. The zero-order valence-corrected chi connectivity index (χ0v) is 37.2. The van der Waals surface area contributed by atoms with Crippen LogP contribution in [-0.4, -0.2) is 71.1 Å². The third kappa shape index (κ3) is 9.43. The van der Waals surface area contributed by atoms with Crippen molar-refractivity contribution in [2.24, 2.45) is 39.7 Å². The van der Waals surface area contributed by atoms with Gasteiger partial charge >= 0.3 is 11.4 Å². The first kappa shape index (κ1) is 49.0. The number of nitrogens with two attached hydrogens (primary N) is 2. The maximum atomic E-state index is 13.9. The van der Waals surface area contributed by atoms with Gasteiger partial charge in [-0.05, 0) is 73.2 Å². The molecule has 2 saturated heterocycles. The smallest absolute Gasteiger partial charge is 0.331 e. The molecule has 21 heteroatoms. The van der Waals surface area contributed by atoms with Gasteiger partial charge in [0.2, 0.25) is 0 Å². The van der Waals surface area contributed by atoms with E-state index in [0.29, 0.717) is 56.3 Å². The fourth-order valence-corrected chi connectivity index (χ4v) is 8.46.